The van der Waals surface area contributed by atoms with Crippen molar-refractivity contribution in [2.45, 2.75) is 87.0 Å². The molecule has 0 radical (unpaired) electrons. The van der Waals surface area contributed by atoms with Gasteiger partial charge in [0.15, 0.2) is 11.5 Å². The number of likely N-dealkylation sites (tertiary alicyclic amines) is 1. The van der Waals surface area contributed by atoms with Crippen molar-refractivity contribution >= 4 is 5.91 Å². The van der Waals surface area contributed by atoms with Gasteiger partial charge in [-0.3, -0.25) is 9.69 Å². The van der Waals surface area contributed by atoms with Crippen molar-refractivity contribution in [1.82, 2.24) is 9.80 Å². The summed E-state index contributed by atoms with van der Waals surface area (Å²) < 4.78 is 6.64. The summed E-state index contributed by atoms with van der Waals surface area (Å²) in [7, 11) is 1.91. The van der Waals surface area contributed by atoms with Crippen LogP contribution < -0.4 is 4.74 Å². The highest BCUT2D eigenvalue weighted by Crippen LogP contribution is 2.66. The molecule has 0 aromatic heterocycles. The molecule has 2 saturated carbocycles. The number of rotatable bonds is 7. The molecule has 5 aliphatic rings. The second-order valence-corrected chi connectivity index (χ2v) is 12.2. The second-order valence-electron chi connectivity index (χ2n) is 12.2. The number of phenolic OH excluding ortho intramolecular Hbond substituents is 1. The molecule has 2 aromatic carbocycles. The number of carbonyl (C=O) groups excluding carboxylic acids is 1. The van der Waals surface area contributed by atoms with Crippen LogP contribution in [0.15, 0.2) is 42.5 Å². The number of ether oxygens (including phenoxy) is 1. The van der Waals surface area contributed by atoms with Crippen molar-refractivity contribution in [3.05, 3.63) is 59.2 Å². The smallest absolute Gasteiger partial charge is 0.222 e. The Kier molecular flexibility index (Phi) is 5.39. The molecule has 37 heavy (non-hydrogen) atoms. The third-order valence-corrected chi connectivity index (χ3v) is 10.3. The van der Waals surface area contributed by atoms with Crippen molar-refractivity contribution in [3.63, 3.8) is 0 Å². The van der Waals surface area contributed by atoms with E-state index < -0.39 is 11.0 Å². The fourth-order valence-corrected chi connectivity index (χ4v) is 8.30. The van der Waals surface area contributed by atoms with Gasteiger partial charge in [0.25, 0.3) is 0 Å². The number of aryl methyl sites for hydroxylation is 1. The summed E-state index contributed by atoms with van der Waals surface area (Å²) in [6.45, 7) is 2.00. The van der Waals surface area contributed by atoms with E-state index in [-0.39, 0.29) is 29.8 Å². The average Bonchev–Trinajstić information content (AvgIpc) is 3.64. The number of phenols is 1. The molecule has 5 atom stereocenters. The Balaban J connectivity index is 1.18. The van der Waals surface area contributed by atoms with Gasteiger partial charge in [-0.1, -0.05) is 36.4 Å². The number of hydrogen-bond donors (Lipinski definition) is 2. The van der Waals surface area contributed by atoms with E-state index in [1.54, 1.807) is 6.07 Å². The lowest BCUT2D eigenvalue weighted by Gasteiger charge is -2.64. The monoisotopic (exact) mass is 502 g/mol. The Hall–Kier alpha value is -2.57. The molecule has 6 heteroatoms. The quantitative estimate of drug-likeness (QED) is 0.603. The Bertz CT molecular complexity index is 1210. The molecule has 0 unspecified atom stereocenters. The first-order valence-electron chi connectivity index (χ1n) is 14.2. The van der Waals surface area contributed by atoms with Gasteiger partial charge in [0, 0.05) is 31.6 Å². The molecule has 6 nitrogen and oxygen atoms in total. The van der Waals surface area contributed by atoms with Gasteiger partial charge < -0.3 is 19.8 Å². The fourth-order valence-electron chi connectivity index (χ4n) is 8.30. The molecule has 1 amide bonds. The minimum Gasteiger partial charge on any atom is -0.504 e. The maximum absolute atomic E-state index is 13.4. The summed E-state index contributed by atoms with van der Waals surface area (Å²) in [6.07, 6.45) is 7.39. The van der Waals surface area contributed by atoms with Crippen molar-refractivity contribution in [3.8, 4) is 11.5 Å². The predicted octanol–water partition coefficient (Wildman–Crippen LogP) is 3.81. The molecule has 2 bridgehead atoms. The predicted molar refractivity (Wildman–Crippen MR) is 141 cm³/mol. The van der Waals surface area contributed by atoms with Crippen LogP contribution in [0.4, 0.5) is 0 Å². The Morgan fingerprint density at radius 2 is 1.95 bits per heavy atom. The molecular formula is C31H38N2O4. The lowest BCUT2D eigenvalue weighted by atomic mass is 9.48. The van der Waals surface area contributed by atoms with E-state index in [0.29, 0.717) is 25.0 Å². The SMILES string of the molecule is CN(C(=O)CCCc1ccccc1)[C@@H]1CC[C@@]2(O)[C@@H]3Cc4ccc(O)c5c4[C@@]2(CCN3CC2CC2)[C@H]1O5. The number of likely N-dealkylation sites (N-methyl/N-ethyl adjacent to an activating group) is 1. The van der Waals surface area contributed by atoms with Gasteiger partial charge in [-0.05, 0) is 81.0 Å². The molecule has 2 N–H and O–H groups in total. The first kappa shape index (κ1) is 23.5. The van der Waals surface area contributed by atoms with Crippen LogP contribution in [0.2, 0.25) is 0 Å². The van der Waals surface area contributed by atoms with Gasteiger partial charge in [0.05, 0.1) is 17.1 Å². The molecule has 1 spiro atoms. The molecule has 196 valence electrons. The highest BCUT2D eigenvalue weighted by molar-refractivity contribution is 5.76. The molecule has 3 fully saturated rings. The largest absolute Gasteiger partial charge is 0.504 e. The zero-order valence-corrected chi connectivity index (χ0v) is 21.7. The van der Waals surface area contributed by atoms with Crippen LogP contribution in [0.5, 0.6) is 11.5 Å². The Labute approximate surface area is 219 Å². The van der Waals surface area contributed by atoms with E-state index in [9.17, 15) is 15.0 Å². The maximum Gasteiger partial charge on any atom is 0.222 e. The fraction of sp³-hybridized carbons (Fsp3) is 0.581. The van der Waals surface area contributed by atoms with Crippen LogP contribution in [0.1, 0.15) is 61.6 Å². The Morgan fingerprint density at radius 3 is 2.73 bits per heavy atom. The maximum atomic E-state index is 13.4. The molecule has 2 aliphatic heterocycles. The van der Waals surface area contributed by atoms with Crippen molar-refractivity contribution < 1.29 is 19.7 Å². The number of benzene rings is 2. The number of aromatic hydroxyl groups is 1. The molecule has 7 rings (SSSR count). The number of carbonyl (C=O) groups is 1. The van der Waals surface area contributed by atoms with Crippen LogP contribution in [-0.4, -0.2) is 69.8 Å². The number of piperidine rings is 1. The van der Waals surface area contributed by atoms with Crippen LogP contribution >= 0.6 is 0 Å². The lowest BCUT2D eigenvalue weighted by Crippen LogP contribution is -2.78. The van der Waals surface area contributed by atoms with Crippen molar-refractivity contribution in [2.24, 2.45) is 5.92 Å². The topological polar surface area (TPSA) is 73.2 Å². The normalized spacial score (nSPS) is 33.5. The number of hydrogen-bond acceptors (Lipinski definition) is 5. The molecule has 3 aliphatic carbocycles. The third kappa shape index (κ3) is 3.41. The standard InChI is InChI=1S/C31H38N2O4/c1-32(26(35)9-5-8-20-6-3-2-4-7-20)23-14-15-31(36)25-18-22-12-13-24(34)28-27(22)30(31,29(23)37-28)16-17-33(25)19-21-10-11-21/h2-4,6-7,12-13,21,23,25,29,34,36H,5,8-11,14-19H2,1H3/t23-,25+,29+,30+,31-/m1/s1. The summed E-state index contributed by atoms with van der Waals surface area (Å²) >= 11 is 0. The van der Waals surface area contributed by atoms with Crippen LogP contribution in [0.3, 0.4) is 0 Å². The summed E-state index contributed by atoms with van der Waals surface area (Å²) in [4.78, 5) is 17.8. The van der Waals surface area contributed by atoms with Gasteiger partial charge >= 0.3 is 0 Å². The van der Waals surface area contributed by atoms with Gasteiger partial charge in [0.1, 0.15) is 6.10 Å². The number of aliphatic hydroxyl groups is 1. The van der Waals surface area contributed by atoms with E-state index in [0.717, 1.165) is 50.3 Å². The van der Waals surface area contributed by atoms with Crippen LogP contribution in [-0.2, 0) is 23.1 Å². The summed E-state index contributed by atoms with van der Waals surface area (Å²) in [5.41, 5.74) is 1.98. The van der Waals surface area contributed by atoms with Gasteiger partial charge in [-0.25, -0.2) is 0 Å². The van der Waals surface area contributed by atoms with E-state index in [1.807, 2.05) is 36.2 Å². The Morgan fingerprint density at radius 1 is 1.14 bits per heavy atom. The van der Waals surface area contributed by atoms with E-state index in [2.05, 4.69) is 17.0 Å². The minimum atomic E-state index is -0.912. The third-order valence-electron chi connectivity index (χ3n) is 10.3. The van der Waals surface area contributed by atoms with E-state index in [1.165, 1.54) is 24.0 Å². The summed E-state index contributed by atoms with van der Waals surface area (Å²) in [5, 5.41) is 23.4. The number of amides is 1. The van der Waals surface area contributed by atoms with Gasteiger partial charge in [0.2, 0.25) is 5.91 Å². The van der Waals surface area contributed by atoms with Crippen molar-refractivity contribution in [1.29, 1.82) is 0 Å². The highest BCUT2D eigenvalue weighted by Gasteiger charge is 2.73. The molecule has 1 saturated heterocycles. The van der Waals surface area contributed by atoms with Crippen LogP contribution in [0, 0.1) is 5.92 Å². The lowest BCUT2D eigenvalue weighted by molar-refractivity contribution is -0.200. The zero-order valence-electron chi connectivity index (χ0n) is 21.7. The van der Waals surface area contributed by atoms with E-state index >= 15 is 0 Å². The first-order valence-corrected chi connectivity index (χ1v) is 14.2. The van der Waals surface area contributed by atoms with Gasteiger partial charge in [-0.15, -0.1) is 0 Å². The molecular weight excluding hydrogens is 464 g/mol. The minimum absolute atomic E-state index is 0.0590. The van der Waals surface area contributed by atoms with Crippen molar-refractivity contribution in [2.75, 3.05) is 20.1 Å². The van der Waals surface area contributed by atoms with Gasteiger partial charge in [-0.2, -0.15) is 0 Å². The second kappa shape index (κ2) is 8.47. The van der Waals surface area contributed by atoms with Crippen LogP contribution in [0.25, 0.3) is 0 Å². The average molecular weight is 503 g/mol. The molecule has 2 heterocycles. The first-order chi connectivity index (χ1) is 17.9. The van der Waals surface area contributed by atoms with E-state index in [4.69, 9.17) is 4.74 Å². The number of nitrogens with zero attached hydrogens (tertiary/aromatic N) is 2. The molecule has 2 aromatic rings. The zero-order chi connectivity index (χ0) is 25.4. The summed E-state index contributed by atoms with van der Waals surface area (Å²) in [6, 6.07) is 14.0. The summed E-state index contributed by atoms with van der Waals surface area (Å²) in [5.74, 6) is 1.59. The highest BCUT2D eigenvalue weighted by atomic mass is 16.5.